The van der Waals surface area contributed by atoms with Gasteiger partial charge in [0.25, 0.3) is 0 Å². The van der Waals surface area contributed by atoms with Gasteiger partial charge in [-0.05, 0) is 25.7 Å². The predicted octanol–water partition coefficient (Wildman–Crippen LogP) is 2.51. The number of thioether (sulfide) groups is 1. The zero-order chi connectivity index (χ0) is 16.7. The van der Waals surface area contributed by atoms with Crippen molar-refractivity contribution in [3.8, 4) is 0 Å². The minimum absolute atomic E-state index is 0.0103. The van der Waals surface area contributed by atoms with E-state index >= 15 is 0 Å². The number of carbonyl (C=O) groups is 1. The van der Waals surface area contributed by atoms with Gasteiger partial charge in [0.15, 0.2) is 5.82 Å². The van der Waals surface area contributed by atoms with Crippen LogP contribution in [0.2, 0.25) is 0 Å². The average molecular weight is 340 g/mol. The molecule has 0 aromatic carbocycles. The maximum Gasteiger partial charge on any atom is 0.230 e. The molecule has 2 rings (SSSR count). The molecule has 0 saturated heterocycles. The maximum absolute atomic E-state index is 11.8. The molecule has 6 nitrogen and oxygen atoms in total. The highest BCUT2D eigenvalue weighted by Gasteiger charge is 2.17. The molecule has 0 bridgehead atoms. The largest absolute Gasteiger partial charge is 0.353 e. The van der Waals surface area contributed by atoms with E-state index < -0.39 is 0 Å². The van der Waals surface area contributed by atoms with Gasteiger partial charge < -0.3 is 11.2 Å². The lowest BCUT2D eigenvalue weighted by atomic mass is 9.86. The van der Waals surface area contributed by atoms with Crippen LogP contribution >= 0.6 is 11.8 Å². The first-order chi connectivity index (χ1) is 11.1. The van der Waals surface area contributed by atoms with Gasteiger partial charge in [0, 0.05) is 12.5 Å². The number of nitrogens with one attached hydrogen (secondary N) is 1. The Labute approximate surface area is 143 Å². The number of carbonyl (C=O) groups excluding carboxylic acids is 1. The van der Waals surface area contributed by atoms with E-state index in [1.807, 2.05) is 13.8 Å². The van der Waals surface area contributed by atoms with E-state index in [0.29, 0.717) is 10.9 Å². The minimum Gasteiger partial charge on any atom is -0.353 e. The Kier molecular flexibility index (Phi) is 7.20. The summed E-state index contributed by atoms with van der Waals surface area (Å²) in [4.78, 5) is 11.8. The van der Waals surface area contributed by atoms with Crippen molar-refractivity contribution in [2.24, 2.45) is 5.92 Å². The Morgan fingerprint density at radius 3 is 2.83 bits per heavy atom. The van der Waals surface area contributed by atoms with Gasteiger partial charge >= 0.3 is 0 Å². The smallest absolute Gasteiger partial charge is 0.230 e. The number of rotatable bonds is 8. The fourth-order valence-corrected chi connectivity index (χ4v) is 3.62. The SMILES string of the molecule is CC[C@@H](C)NC(=O)CSc1nnc(CCC2CCCCC2)n1N. The highest BCUT2D eigenvalue weighted by atomic mass is 32.2. The van der Waals surface area contributed by atoms with Crippen molar-refractivity contribution in [3.63, 3.8) is 0 Å². The number of amides is 1. The van der Waals surface area contributed by atoms with Crippen LogP contribution in [0.15, 0.2) is 5.16 Å². The predicted molar refractivity (Wildman–Crippen MR) is 93.7 cm³/mol. The highest BCUT2D eigenvalue weighted by molar-refractivity contribution is 7.99. The van der Waals surface area contributed by atoms with Gasteiger partial charge in [0.1, 0.15) is 0 Å². The molecule has 0 unspecified atom stereocenters. The van der Waals surface area contributed by atoms with Crippen molar-refractivity contribution in [3.05, 3.63) is 5.82 Å². The molecule has 0 radical (unpaired) electrons. The van der Waals surface area contributed by atoms with E-state index in [0.717, 1.165) is 31.0 Å². The number of nitrogens with zero attached hydrogens (tertiary/aromatic N) is 3. The maximum atomic E-state index is 11.8. The number of nitrogens with two attached hydrogens (primary N) is 1. The van der Waals surface area contributed by atoms with Crippen LogP contribution in [-0.4, -0.2) is 32.6 Å². The minimum atomic E-state index is 0.0103. The fraction of sp³-hybridized carbons (Fsp3) is 0.812. The van der Waals surface area contributed by atoms with Crippen molar-refractivity contribution in [2.45, 2.75) is 76.4 Å². The standard InChI is InChI=1S/C16H29N5OS/c1-3-12(2)18-15(22)11-23-16-20-19-14(21(16)17)10-9-13-7-5-4-6-8-13/h12-13H,3-11,17H2,1-2H3,(H,18,22)/t12-/m1/s1. The molecule has 1 heterocycles. The number of aryl methyl sites for hydroxylation is 1. The summed E-state index contributed by atoms with van der Waals surface area (Å²) in [6.45, 7) is 4.05. The molecule has 1 amide bonds. The lowest BCUT2D eigenvalue weighted by Crippen LogP contribution is -2.33. The van der Waals surface area contributed by atoms with Crippen molar-refractivity contribution < 1.29 is 4.79 Å². The topological polar surface area (TPSA) is 85.8 Å². The monoisotopic (exact) mass is 339 g/mol. The average Bonchev–Trinajstić information content (AvgIpc) is 2.92. The first kappa shape index (κ1) is 18.1. The fourth-order valence-electron chi connectivity index (χ4n) is 2.93. The van der Waals surface area contributed by atoms with Crippen LogP contribution < -0.4 is 11.2 Å². The van der Waals surface area contributed by atoms with Gasteiger partial charge in [-0.25, -0.2) is 4.68 Å². The molecule has 1 aromatic rings. The van der Waals surface area contributed by atoms with Crippen LogP contribution in [0.5, 0.6) is 0 Å². The highest BCUT2D eigenvalue weighted by Crippen LogP contribution is 2.27. The first-order valence-corrected chi connectivity index (χ1v) is 9.70. The van der Waals surface area contributed by atoms with Gasteiger partial charge in [-0.15, -0.1) is 10.2 Å². The second-order valence-electron chi connectivity index (χ2n) is 6.48. The molecule has 0 spiro atoms. The molecule has 7 heteroatoms. The van der Waals surface area contributed by atoms with Crippen molar-refractivity contribution in [1.29, 1.82) is 0 Å². The zero-order valence-corrected chi connectivity index (χ0v) is 15.1. The molecule has 1 aliphatic carbocycles. The van der Waals surface area contributed by atoms with Crippen LogP contribution in [0.25, 0.3) is 0 Å². The van der Waals surface area contributed by atoms with Crippen LogP contribution in [0, 0.1) is 5.92 Å². The number of hydrogen-bond acceptors (Lipinski definition) is 5. The molecule has 1 atom stereocenters. The third-order valence-electron chi connectivity index (χ3n) is 4.59. The van der Waals surface area contributed by atoms with E-state index in [1.165, 1.54) is 43.9 Å². The number of nitrogen functional groups attached to an aromatic ring is 1. The van der Waals surface area contributed by atoms with Gasteiger partial charge in [-0.2, -0.15) is 0 Å². The summed E-state index contributed by atoms with van der Waals surface area (Å²) in [7, 11) is 0. The summed E-state index contributed by atoms with van der Waals surface area (Å²) in [6.07, 6.45) is 9.67. The van der Waals surface area contributed by atoms with Crippen LogP contribution in [0.1, 0.15) is 64.6 Å². The summed E-state index contributed by atoms with van der Waals surface area (Å²) in [5, 5.41) is 11.9. The molecule has 1 aromatic heterocycles. The zero-order valence-electron chi connectivity index (χ0n) is 14.3. The molecule has 23 heavy (non-hydrogen) atoms. The van der Waals surface area contributed by atoms with Gasteiger partial charge in [-0.3, -0.25) is 4.79 Å². The van der Waals surface area contributed by atoms with Crippen molar-refractivity contribution >= 4 is 17.7 Å². The van der Waals surface area contributed by atoms with Gasteiger partial charge in [0.2, 0.25) is 11.1 Å². The lowest BCUT2D eigenvalue weighted by Gasteiger charge is -2.20. The quantitative estimate of drug-likeness (QED) is 0.561. The third kappa shape index (κ3) is 5.71. The lowest BCUT2D eigenvalue weighted by molar-refractivity contribution is -0.119. The van der Waals surface area contributed by atoms with Gasteiger partial charge in [0.05, 0.1) is 5.75 Å². The summed E-state index contributed by atoms with van der Waals surface area (Å²) >= 11 is 1.34. The molecule has 1 aliphatic rings. The van der Waals surface area contributed by atoms with Crippen LogP contribution in [-0.2, 0) is 11.2 Å². The number of hydrogen-bond donors (Lipinski definition) is 2. The molecular weight excluding hydrogens is 310 g/mol. The third-order valence-corrected chi connectivity index (χ3v) is 5.53. The first-order valence-electron chi connectivity index (χ1n) is 8.71. The summed E-state index contributed by atoms with van der Waals surface area (Å²) in [6, 6.07) is 0.199. The molecule has 1 fully saturated rings. The molecule has 1 saturated carbocycles. The van der Waals surface area contributed by atoms with Gasteiger partial charge in [-0.1, -0.05) is 50.8 Å². The summed E-state index contributed by atoms with van der Waals surface area (Å²) in [5.74, 6) is 8.03. The van der Waals surface area contributed by atoms with Crippen molar-refractivity contribution in [1.82, 2.24) is 20.2 Å². The van der Waals surface area contributed by atoms with E-state index in [2.05, 4.69) is 15.5 Å². The Morgan fingerprint density at radius 2 is 2.13 bits per heavy atom. The van der Waals surface area contributed by atoms with Crippen LogP contribution in [0.4, 0.5) is 0 Å². The summed E-state index contributed by atoms with van der Waals surface area (Å²) < 4.78 is 1.55. The summed E-state index contributed by atoms with van der Waals surface area (Å²) in [5.41, 5.74) is 0. The van der Waals surface area contributed by atoms with Crippen molar-refractivity contribution in [2.75, 3.05) is 11.6 Å². The van der Waals surface area contributed by atoms with E-state index in [-0.39, 0.29) is 11.9 Å². The molecule has 130 valence electrons. The van der Waals surface area contributed by atoms with Crippen LogP contribution in [0.3, 0.4) is 0 Å². The molecule has 3 N–H and O–H groups in total. The second kappa shape index (κ2) is 9.15. The second-order valence-corrected chi connectivity index (χ2v) is 7.42. The Balaban J connectivity index is 1.78. The van der Waals surface area contributed by atoms with E-state index in [1.54, 1.807) is 4.68 Å². The molecular formula is C16H29N5OS. The number of aromatic nitrogens is 3. The Morgan fingerprint density at radius 1 is 1.39 bits per heavy atom. The molecule has 0 aliphatic heterocycles. The van der Waals surface area contributed by atoms with E-state index in [9.17, 15) is 4.79 Å². The Bertz CT molecular complexity index is 499. The Hall–Kier alpha value is -1.24. The van der Waals surface area contributed by atoms with E-state index in [4.69, 9.17) is 5.84 Å². The normalized spacial score (nSPS) is 17.1.